The first-order valence-corrected chi connectivity index (χ1v) is 6.15. The van der Waals surface area contributed by atoms with Gasteiger partial charge in [0.25, 0.3) is 0 Å². The molecule has 0 atom stereocenters. The monoisotopic (exact) mass is 266 g/mol. The zero-order valence-electron chi connectivity index (χ0n) is 11.1. The van der Waals surface area contributed by atoms with Crippen LogP contribution in [0.2, 0.25) is 0 Å². The van der Waals surface area contributed by atoms with Crippen molar-refractivity contribution in [2.75, 3.05) is 0 Å². The fraction of sp³-hybridized carbons (Fsp3) is 0.0588. The van der Waals surface area contributed by atoms with Gasteiger partial charge in [-0.25, -0.2) is 4.79 Å². The molecule has 0 radical (unpaired) electrons. The molecule has 2 rings (SSSR count). The zero-order chi connectivity index (χ0) is 14.5. The maximum Gasteiger partial charge on any atom is 0.338 e. The molecule has 0 spiro atoms. The lowest BCUT2D eigenvalue weighted by atomic mass is 10.0. The van der Waals surface area contributed by atoms with Gasteiger partial charge in [-0.2, -0.15) is 0 Å². The Labute approximate surface area is 117 Å². The normalized spacial score (nSPS) is 9.85. The van der Waals surface area contributed by atoms with Gasteiger partial charge in [0.1, 0.15) is 5.75 Å². The fourth-order valence-corrected chi connectivity index (χ4v) is 1.79. The number of hydrogen-bond donors (Lipinski definition) is 0. The van der Waals surface area contributed by atoms with E-state index in [9.17, 15) is 9.59 Å². The molecule has 0 aliphatic rings. The number of hydrogen-bond acceptors (Lipinski definition) is 3. The summed E-state index contributed by atoms with van der Waals surface area (Å²) in [6.45, 7) is 5.11. The first-order valence-electron chi connectivity index (χ1n) is 6.15. The van der Waals surface area contributed by atoms with Crippen LogP contribution in [-0.2, 0) is 4.79 Å². The van der Waals surface area contributed by atoms with Crippen LogP contribution in [0, 0.1) is 0 Å². The summed E-state index contributed by atoms with van der Waals surface area (Å²) < 4.78 is 5.31. The van der Waals surface area contributed by atoms with Crippen molar-refractivity contribution in [2.45, 2.75) is 6.92 Å². The third-order valence-corrected chi connectivity index (χ3v) is 2.80. The number of benzene rings is 2. The SMILES string of the molecule is C=C(C)C(=O)Oc1c(C=O)cccc1-c1ccccc1. The topological polar surface area (TPSA) is 43.4 Å². The minimum Gasteiger partial charge on any atom is -0.422 e. The zero-order valence-corrected chi connectivity index (χ0v) is 11.1. The van der Waals surface area contributed by atoms with E-state index in [0.29, 0.717) is 17.4 Å². The average molecular weight is 266 g/mol. The van der Waals surface area contributed by atoms with Crippen molar-refractivity contribution in [3.05, 3.63) is 66.2 Å². The first-order chi connectivity index (χ1) is 9.63. The van der Waals surface area contributed by atoms with Crippen molar-refractivity contribution in [3.8, 4) is 16.9 Å². The van der Waals surface area contributed by atoms with Gasteiger partial charge < -0.3 is 4.74 Å². The second-order valence-corrected chi connectivity index (χ2v) is 4.38. The number of ether oxygens (including phenoxy) is 1. The Morgan fingerprint density at radius 1 is 1.10 bits per heavy atom. The molecule has 0 aliphatic carbocycles. The molecule has 0 saturated heterocycles. The Morgan fingerprint density at radius 2 is 1.80 bits per heavy atom. The van der Waals surface area contributed by atoms with Crippen molar-refractivity contribution in [3.63, 3.8) is 0 Å². The van der Waals surface area contributed by atoms with Crippen molar-refractivity contribution in [1.82, 2.24) is 0 Å². The standard InChI is InChI=1S/C17H14O3/c1-12(2)17(19)20-16-14(11-18)9-6-10-15(16)13-7-4-3-5-8-13/h3-11H,1H2,2H3. The molecule has 0 aliphatic heterocycles. The van der Waals surface area contributed by atoms with Gasteiger partial charge >= 0.3 is 5.97 Å². The number of carbonyl (C=O) groups excluding carboxylic acids is 2. The number of aldehydes is 1. The van der Waals surface area contributed by atoms with E-state index in [2.05, 4.69) is 6.58 Å². The number of esters is 1. The summed E-state index contributed by atoms with van der Waals surface area (Å²) in [5.74, 6) is -0.279. The molecule has 3 nitrogen and oxygen atoms in total. The van der Waals surface area contributed by atoms with Gasteiger partial charge in [0.15, 0.2) is 6.29 Å². The van der Waals surface area contributed by atoms with Crippen molar-refractivity contribution in [2.24, 2.45) is 0 Å². The van der Waals surface area contributed by atoms with Crippen LogP contribution in [-0.4, -0.2) is 12.3 Å². The average Bonchev–Trinajstić information content (AvgIpc) is 2.48. The smallest absolute Gasteiger partial charge is 0.338 e. The van der Waals surface area contributed by atoms with Crippen LogP contribution < -0.4 is 4.74 Å². The van der Waals surface area contributed by atoms with Crippen molar-refractivity contribution in [1.29, 1.82) is 0 Å². The van der Waals surface area contributed by atoms with Gasteiger partial charge in [-0.3, -0.25) is 4.79 Å². The maximum atomic E-state index is 11.7. The van der Waals surface area contributed by atoms with Gasteiger partial charge in [0, 0.05) is 11.1 Å². The second-order valence-electron chi connectivity index (χ2n) is 4.38. The van der Waals surface area contributed by atoms with Gasteiger partial charge in [-0.1, -0.05) is 49.0 Å². The molecule has 20 heavy (non-hydrogen) atoms. The fourth-order valence-electron chi connectivity index (χ4n) is 1.79. The Morgan fingerprint density at radius 3 is 2.40 bits per heavy atom. The highest BCUT2D eigenvalue weighted by Gasteiger charge is 2.15. The van der Waals surface area contributed by atoms with Crippen LogP contribution in [0.3, 0.4) is 0 Å². The van der Waals surface area contributed by atoms with Crippen LogP contribution >= 0.6 is 0 Å². The predicted molar refractivity (Wildman–Crippen MR) is 77.7 cm³/mol. The minimum absolute atomic E-state index is 0.265. The summed E-state index contributed by atoms with van der Waals surface area (Å²) in [7, 11) is 0. The number of carbonyl (C=O) groups is 2. The van der Waals surface area contributed by atoms with E-state index < -0.39 is 5.97 Å². The van der Waals surface area contributed by atoms with Gasteiger partial charge in [-0.15, -0.1) is 0 Å². The van der Waals surface area contributed by atoms with E-state index in [-0.39, 0.29) is 11.3 Å². The molecule has 3 heteroatoms. The summed E-state index contributed by atoms with van der Waals surface area (Å²) >= 11 is 0. The Balaban J connectivity index is 2.55. The first kappa shape index (κ1) is 13.7. The van der Waals surface area contributed by atoms with E-state index >= 15 is 0 Å². The Bertz CT molecular complexity index is 657. The predicted octanol–water partition coefficient (Wildman–Crippen LogP) is 3.65. The molecule has 0 aromatic heterocycles. The quantitative estimate of drug-likeness (QED) is 0.367. The van der Waals surface area contributed by atoms with E-state index in [0.717, 1.165) is 5.56 Å². The third kappa shape index (κ3) is 2.83. The molecule has 100 valence electrons. The minimum atomic E-state index is -0.545. The molecule has 0 bridgehead atoms. The lowest BCUT2D eigenvalue weighted by molar-refractivity contribution is -0.130. The molecule has 0 N–H and O–H groups in total. The van der Waals surface area contributed by atoms with Crippen molar-refractivity contribution >= 4 is 12.3 Å². The van der Waals surface area contributed by atoms with Crippen LogP contribution in [0.4, 0.5) is 0 Å². The van der Waals surface area contributed by atoms with Crippen LogP contribution in [0.15, 0.2) is 60.7 Å². The Kier molecular flexibility index (Phi) is 4.11. The Hall–Kier alpha value is -2.68. The molecule has 0 amide bonds. The van der Waals surface area contributed by atoms with E-state index in [1.807, 2.05) is 36.4 Å². The number of rotatable bonds is 4. The lowest BCUT2D eigenvalue weighted by Gasteiger charge is -2.12. The van der Waals surface area contributed by atoms with Gasteiger partial charge in [-0.05, 0) is 18.6 Å². The van der Waals surface area contributed by atoms with Gasteiger partial charge in [0.2, 0.25) is 0 Å². The third-order valence-electron chi connectivity index (χ3n) is 2.80. The molecule has 0 fully saturated rings. The molecular weight excluding hydrogens is 252 g/mol. The summed E-state index contributed by atoms with van der Waals surface area (Å²) in [5, 5.41) is 0. The highest BCUT2D eigenvalue weighted by atomic mass is 16.5. The molecule has 2 aromatic carbocycles. The molecular formula is C17H14O3. The van der Waals surface area contributed by atoms with E-state index in [1.54, 1.807) is 19.1 Å². The molecule has 0 unspecified atom stereocenters. The highest BCUT2D eigenvalue weighted by molar-refractivity contribution is 5.93. The summed E-state index contributed by atoms with van der Waals surface area (Å²) in [6, 6.07) is 14.6. The van der Waals surface area contributed by atoms with Crippen molar-refractivity contribution < 1.29 is 14.3 Å². The lowest BCUT2D eigenvalue weighted by Crippen LogP contribution is -2.10. The summed E-state index contributed by atoms with van der Waals surface area (Å²) in [4.78, 5) is 22.9. The van der Waals surface area contributed by atoms with Crippen LogP contribution in [0.5, 0.6) is 5.75 Å². The molecule has 0 saturated carbocycles. The highest BCUT2D eigenvalue weighted by Crippen LogP contribution is 2.32. The van der Waals surface area contributed by atoms with E-state index in [4.69, 9.17) is 4.74 Å². The second kappa shape index (κ2) is 5.97. The summed E-state index contributed by atoms with van der Waals surface area (Å²) in [6.07, 6.45) is 0.674. The van der Waals surface area contributed by atoms with Crippen LogP contribution in [0.1, 0.15) is 17.3 Å². The van der Waals surface area contributed by atoms with Gasteiger partial charge in [0.05, 0.1) is 5.56 Å². The summed E-state index contributed by atoms with van der Waals surface area (Å²) in [5.41, 5.74) is 2.19. The maximum absolute atomic E-state index is 11.7. The largest absolute Gasteiger partial charge is 0.422 e. The van der Waals surface area contributed by atoms with E-state index in [1.165, 1.54) is 0 Å². The number of para-hydroxylation sites is 1. The molecule has 0 heterocycles. The molecule has 2 aromatic rings. The van der Waals surface area contributed by atoms with Crippen LogP contribution in [0.25, 0.3) is 11.1 Å².